The van der Waals surface area contributed by atoms with Crippen LogP contribution in [0.5, 0.6) is 0 Å². The molecule has 5 nitrogen and oxygen atoms in total. The minimum atomic E-state index is -3.82. The SMILES string of the molecule is CC[C@H]1C(=O)N(S(=O)(=O)c2ccc(C)cc2)[C@@H]1CCO[Si](C)(C)C(C)(C)C. The van der Waals surface area contributed by atoms with Crippen LogP contribution in [0.25, 0.3) is 0 Å². The molecule has 1 fully saturated rings. The number of β-lactam (4-membered cyclic amide) rings is 1. The van der Waals surface area contributed by atoms with Gasteiger partial charge >= 0.3 is 0 Å². The number of aryl methyl sites for hydroxylation is 1. The van der Waals surface area contributed by atoms with Gasteiger partial charge in [-0.05, 0) is 50.0 Å². The fourth-order valence-electron chi connectivity index (χ4n) is 3.11. The number of nitrogens with zero attached hydrogens (tertiary/aromatic N) is 1. The molecule has 7 heteroatoms. The van der Waals surface area contributed by atoms with Crippen LogP contribution in [0.4, 0.5) is 0 Å². The van der Waals surface area contributed by atoms with E-state index in [0.717, 1.165) is 9.87 Å². The molecule has 0 aromatic heterocycles. The standard InChI is InChI=1S/C20H33NO4SSi/c1-8-17-18(13-14-25-27(6,7)20(3,4)5)21(19(17)22)26(23,24)16-11-9-15(2)10-12-16/h9-12,17-18H,8,13-14H2,1-7H3/t17-,18-/m1/s1. The molecule has 1 heterocycles. The molecule has 1 aromatic rings. The number of amides is 1. The molecule has 1 saturated heterocycles. The summed E-state index contributed by atoms with van der Waals surface area (Å²) in [5.74, 6) is -0.538. The normalized spacial score (nSPS) is 21.3. The van der Waals surface area contributed by atoms with Gasteiger partial charge in [0.15, 0.2) is 8.32 Å². The topological polar surface area (TPSA) is 63.7 Å². The Morgan fingerprint density at radius 2 is 1.70 bits per heavy atom. The van der Waals surface area contributed by atoms with E-state index in [2.05, 4.69) is 33.9 Å². The summed E-state index contributed by atoms with van der Waals surface area (Å²) in [5, 5.41) is 0.0975. The molecule has 1 aromatic carbocycles. The van der Waals surface area contributed by atoms with E-state index in [0.29, 0.717) is 19.4 Å². The predicted octanol–water partition coefficient (Wildman–Crippen LogP) is 4.33. The quantitative estimate of drug-likeness (QED) is 0.495. The minimum absolute atomic E-state index is 0.0975. The molecule has 2 atom stereocenters. The van der Waals surface area contributed by atoms with Crippen LogP contribution < -0.4 is 0 Å². The monoisotopic (exact) mass is 411 g/mol. The van der Waals surface area contributed by atoms with Crippen LogP contribution >= 0.6 is 0 Å². The second-order valence-corrected chi connectivity index (χ2v) is 15.6. The smallest absolute Gasteiger partial charge is 0.266 e. The van der Waals surface area contributed by atoms with Gasteiger partial charge in [-0.15, -0.1) is 0 Å². The van der Waals surface area contributed by atoms with Crippen LogP contribution in [0, 0.1) is 12.8 Å². The summed E-state index contributed by atoms with van der Waals surface area (Å²) in [6.45, 7) is 15.2. The van der Waals surface area contributed by atoms with Gasteiger partial charge < -0.3 is 4.43 Å². The lowest BCUT2D eigenvalue weighted by atomic mass is 9.86. The maximum atomic E-state index is 13.0. The van der Waals surface area contributed by atoms with Crippen LogP contribution in [-0.4, -0.2) is 39.6 Å². The molecule has 1 amide bonds. The van der Waals surface area contributed by atoms with Crippen molar-refractivity contribution >= 4 is 24.2 Å². The summed E-state index contributed by atoms with van der Waals surface area (Å²) in [4.78, 5) is 12.7. The zero-order valence-corrected chi connectivity index (χ0v) is 19.4. The van der Waals surface area contributed by atoms with E-state index >= 15 is 0 Å². The van der Waals surface area contributed by atoms with Crippen LogP contribution in [-0.2, 0) is 19.2 Å². The second-order valence-electron chi connectivity index (χ2n) is 8.93. The van der Waals surface area contributed by atoms with E-state index in [4.69, 9.17) is 4.43 Å². The molecule has 27 heavy (non-hydrogen) atoms. The molecule has 0 radical (unpaired) electrons. The average Bonchev–Trinajstić information content (AvgIpc) is 2.53. The molecule has 0 aliphatic carbocycles. The highest BCUT2D eigenvalue weighted by Crippen LogP contribution is 2.39. The number of hydrogen-bond donors (Lipinski definition) is 0. The largest absolute Gasteiger partial charge is 0.417 e. The Balaban J connectivity index is 2.16. The Bertz CT molecular complexity index is 781. The van der Waals surface area contributed by atoms with E-state index in [-0.39, 0.29) is 27.8 Å². The van der Waals surface area contributed by atoms with Crippen LogP contribution in [0.2, 0.25) is 18.1 Å². The molecule has 152 valence electrons. The molecule has 0 unspecified atom stereocenters. The van der Waals surface area contributed by atoms with Gasteiger partial charge in [-0.1, -0.05) is 45.4 Å². The van der Waals surface area contributed by atoms with Gasteiger partial charge in [0.2, 0.25) is 5.91 Å². The fraction of sp³-hybridized carbons (Fsp3) is 0.650. The van der Waals surface area contributed by atoms with E-state index < -0.39 is 18.3 Å². The van der Waals surface area contributed by atoms with Crippen LogP contribution in [0.1, 0.15) is 46.1 Å². The summed E-state index contributed by atoms with van der Waals surface area (Å²) in [5.41, 5.74) is 0.981. The van der Waals surface area contributed by atoms with Gasteiger partial charge in [0.25, 0.3) is 10.0 Å². The third kappa shape index (κ3) is 4.30. The number of hydrogen-bond acceptors (Lipinski definition) is 4. The maximum absolute atomic E-state index is 13.0. The summed E-state index contributed by atoms with van der Waals surface area (Å²) >= 11 is 0. The van der Waals surface area contributed by atoms with Crippen molar-refractivity contribution in [1.29, 1.82) is 0 Å². The van der Waals surface area contributed by atoms with Crippen LogP contribution in [0.15, 0.2) is 29.2 Å². The molecule has 0 N–H and O–H groups in total. The summed E-state index contributed by atoms with van der Waals surface area (Å²) in [7, 11) is -5.72. The third-order valence-corrected chi connectivity index (χ3v) is 12.4. The van der Waals surface area contributed by atoms with Gasteiger partial charge in [-0.25, -0.2) is 12.7 Å². The van der Waals surface area contributed by atoms with Gasteiger partial charge in [0, 0.05) is 6.61 Å². The van der Waals surface area contributed by atoms with Crippen molar-refractivity contribution in [2.45, 2.75) is 76.5 Å². The molecule has 1 aliphatic heterocycles. The Morgan fingerprint density at radius 3 is 2.19 bits per heavy atom. The number of rotatable bonds is 7. The van der Waals surface area contributed by atoms with Crippen molar-refractivity contribution < 1.29 is 17.6 Å². The van der Waals surface area contributed by atoms with Crippen molar-refractivity contribution in [3.8, 4) is 0 Å². The minimum Gasteiger partial charge on any atom is -0.417 e. The first kappa shape index (κ1) is 22.1. The van der Waals surface area contributed by atoms with Crippen LogP contribution in [0.3, 0.4) is 0 Å². The van der Waals surface area contributed by atoms with E-state index in [1.165, 1.54) is 0 Å². The third-order valence-electron chi connectivity index (χ3n) is 6.00. The highest BCUT2D eigenvalue weighted by atomic mass is 32.2. The molecule has 0 bridgehead atoms. The first-order chi connectivity index (χ1) is 12.3. The Kier molecular flexibility index (Phi) is 6.29. The Hall–Kier alpha value is -1.18. The van der Waals surface area contributed by atoms with Gasteiger partial charge in [0.1, 0.15) is 0 Å². The van der Waals surface area contributed by atoms with E-state index in [1.807, 2.05) is 13.8 Å². The molecule has 0 saturated carbocycles. The Labute approximate surface area is 165 Å². The number of carbonyl (C=O) groups excluding carboxylic acids is 1. The van der Waals surface area contributed by atoms with Crippen molar-refractivity contribution in [1.82, 2.24) is 4.31 Å². The molecule has 0 spiro atoms. The lowest BCUT2D eigenvalue weighted by molar-refractivity contribution is -0.147. The summed E-state index contributed by atoms with van der Waals surface area (Å²) in [6.07, 6.45) is 1.19. The predicted molar refractivity (Wildman–Crippen MR) is 111 cm³/mol. The van der Waals surface area contributed by atoms with Gasteiger partial charge in [-0.2, -0.15) is 0 Å². The first-order valence-electron chi connectivity index (χ1n) is 9.62. The Morgan fingerprint density at radius 1 is 1.15 bits per heavy atom. The highest BCUT2D eigenvalue weighted by molar-refractivity contribution is 7.89. The number of benzene rings is 1. The zero-order chi connectivity index (χ0) is 20.6. The molecular formula is C20H33NO4SSi. The lowest BCUT2D eigenvalue weighted by Crippen LogP contribution is -2.63. The average molecular weight is 412 g/mol. The second kappa shape index (κ2) is 7.68. The number of sulfonamides is 1. The van der Waals surface area contributed by atoms with Crippen molar-refractivity contribution in [2.24, 2.45) is 5.92 Å². The number of carbonyl (C=O) groups is 1. The van der Waals surface area contributed by atoms with Crippen molar-refractivity contribution in [2.75, 3.05) is 6.61 Å². The molecular weight excluding hydrogens is 378 g/mol. The maximum Gasteiger partial charge on any atom is 0.266 e. The van der Waals surface area contributed by atoms with E-state index in [1.54, 1.807) is 24.3 Å². The molecule has 1 aliphatic rings. The molecule has 2 rings (SSSR count). The van der Waals surface area contributed by atoms with Gasteiger partial charge in [-0.3, -0.25) is 4.79 Å². The lowest BCUT2D eigenvalue weighted by Gasteiger charge is -2.46. The fourth-order valence-corrected chi connectivity index (χ4v) is 5.86. The first-order valence-corrected chi connectivity index (χ1v) is 14.0. The van der Waals surface area contributed by atoms with Crippen molar-refractivity contribution in [3.63, 3.8) is 0 Å². The van der Waals surface area contributed by atoms with E-state index in [9.17, 15) is 13.2 Å². The van der Waals surface area contributed by atoms with Gasteiger partial charge in [0.05, 0.1) is 16.9 Å². The van der Waals surface area contributed by atoms with Crippen molar-refractivity contribution in [3.05, 3.63) is 29.8 Å². The summed E-state index contributed by atoms with van der Waals surface area (Å²) in [6, 6.07) is 6.33. The highest BCUT2D eigenvalue weighted by Gasteiger charge is 2.52. The zero-order valence-electron chi connectivity index (χ0n) is 17.6. The summed E-state index contributed by atoms with van der Waals surface area (Å²) < 4.78 is 33.3.